The highest BCUT2D eigenvalue weighted by atomic mass is 16.5. The first-order chi connectivity index (χ1) is 4.33. The molecule has 0 fully saturated rings. The molecule has 1 aliphatic heterocycles. The van der Waals surface area contributed by atoms with Crippen LogP contribution in [0.4, 0.5) is 0 Å². The molecule has 9 heavy (non-hydrogen) atoms. The fourth-order valence-electron chi connectivity index (χ4n) is 0.583. The maximum Gasteiger partial charge on any atom is 0.196 e. The van der Waals surface area contributed by atoms with E-state index < -0.39 is 0 Å². The van der Waals surface area contributed by atoms with Gasteiger partial charge in [-0.15, -0.1) is 0 Å². The highest BCUT2D eigenvalue weighted by Crippen LogP contribution is 1.92. The Morgan fingerprint density at radius 3 is 3.00 bits per heavy atom. The van der Waals surface area contributed by atoms with Gasteiger partial charge in [-0.05, 0) is 6.20 Å². The molecule has 1 heterocycles. The largest absolute Gasteiger partial charge is 0.619 e. The molecule has 3 nitrogen and oxygen atoms in total. The molecule has 0 N–H and O–H groups in total. The van der Waals surface area contributed by atoms with Crippen LogP contribution in [0.15, 0.2) is 25.2 Å². The van der Waals surface area contributed by atoms with Crippen molar-refractivity contribution < 1.29 is 4.74 Å². The fraction of sp³-hybridized carbons (Fsp3) is 0.167. The zero-order valence-electron chi connectivity index (χ0n) is 5.03. The molecule has 0 aromatic heterocycles. The van der Waals surface area contributed by atoms with Crippen LogP contribution in [0.3, 0.4) is 0 Å². The van der Waals surface area contributed by atoms with E-state index in [1.54, 1.807) is 12.4 Å². The van der Waals surface area contributed by atoms with E-state index >= 15 is 0 Å². The van der Waals surface area contributed by atoms with E-state index in [0.29, 0.717) is 6.54 Å². The second kappa shape index (κ2) is 2.35. The number of hydroxylamine groups is 1. The summed E-state index contributed by atoms with van der Waals surface area (Å²) in [5, 5.41) is 10.4. The van der Waals surface area contributed by atoms with Crippen LogP contribution < -0.4 is 0 Å². The minimum Gasteiger partial charge on any atom is -0.619 e. The molecule has 48 valence electrons. The van der Waals surface area contributed by atoms with Gasteiger partial charge in [0.15, 0.2) is 12.4 Å². The van der Waals surface area contributed by atoms with Gasteiger partial charge in [0.1, 0.15) is 6.54 Å². The quantitative estimate of drug-likeness (QED) is 0.376. The van der Waals surface area contributed by atoms with Crippen LogP contribution in [0.25, 0.3) is 0 Å². The monoisotopic (exact) mass is 124 g/mol. The summed E-state index contributed by atoms with van der Waals surface area (Å²) in [6, 6.07) is 0. The standard InChI is InChI=1S/C6H8N2O/c1-2-7-3-5-8(9)6-4-7/h2-3,5-6H,1,4H2. The lowest BCUT2D eigenvalue weighted by Crippen LogP contribution is -2.19. The average Bonchev–Trinajstić information content (AvgIpc) is 1.90. The van der Waals surface area contributed by atoms with Crippen LogP contribution in [0, 0.1) is 5.21 Å². The van der Waals surface area contributed by atoms with Gasteiger partial charge in [-0.25, -0.2) is 0 Å². The fourth-order valence-corrected chi connectivity index (χ4v) is 0.583. The number of rotatable bonds is 1. The molecule has 0 saturated heterocycles. The van der Waals surface area contributed by atoms with Crippen molar-refractivity contribution in [2.75, 3.05) is 6.54 Å². The smallest absolute Gasteiger partial charge is 0.196 e. The van der Waals surface area contributed by atoms with E-state index in [0.717, 1.165) is 4.74 Å². The van der Waals surface area contributed by atoms with Crippen LogP contribution in [-0.2, 0) is 0 Å². The van der Waals surface area contributed by atoms with Crippen LogP contribution in [-0.4, -0.2) is 22.4 Å². The van der Waals surface area contributed by atoms with Gasteiger partial charge in [-0.2, -0.15) is 4.74 Å². The Morgan fingerprint density at radius 1 is 1.78 bits per heavy atom. The first kappa shape index (κ1) is 5.88. The third-order valence-corrected chi connectivity index (χ3v) is 1.11. The molecule has 0 aromatic rings. The summed E-state index contributed by atoms with van der Waals surface area (Å²) in [6.07, 6.45) is 6.31. The van der Waals surface area contributed by atoms with Gasteiger partial charge in [0.05, 0.1) is 6.20 Å². The van der Waals surface area contributed by atoms with Gasteiger partial charge in [0, 0.05) is 0 Å². The van der Waals surface area contributed by atoms with E-state index in [1.807, 2.05) is 4.90 Å². The number of hydrogen-bond donors (Lipinski definition) is 0. The first-order valence-electron chi connectivity index (χ1n) is 2.68. The molecule has 0 aliphatic carbocycles. The van der Waals surface area contributed by atoms with Gasteiger partial charge in [-0.1, -0.05) is 6.58 Å². The van der Waals surface area contributed by atoms with Crippen molar-refractivity contribution >= 4 is 6.21 Å². The van der Waals surface area contributed by atoms with Gasteiger partial charge >= 0.3 is 0 Å². The van der Waals surface area contributed by atoms with Crippen molar-refractivity contribution in [3.63, 3.8) is 0 Å². The van der Waals surface area contributed by atoms with Crippen molar-refractivity contribution in [3.8, 4) is 0 Å². The van der Waals surface area contributed by atoms with Crippen LogP contribution >= 0.6 is 0 Å². The first-order valence-corrected chi connectivity index (χ1v) is 2.68. The zero-order valence-corrected chi connectivity index (χ0v) is 5.03. The zero-order chi connectivity index (χ0) is 6.69. The molecule has 0 radical (unpaired) electrons. The lowest BCUT2D eigenvalue weighted by Gasteiger charge is -2.13. The highest BCUT2D eigenvalue weighted by molar-refractivity contribution is 5.55. The number of hydrogen-bond acceptors (Lipinski definition) is 2. The minimum atomic E-state index is 0.615. The summed E-state index contributed by atoms with van der Waals surface area (Å²) in [6.45, 7) is 4.16. The highest BCUT2D eigenvalue weighted by Gasteiger charge is 1.99. The van der Waals surface area contributed by atoms with E-state index in [4.69, 9.17) is 0 Å². The number of nitrogens with zero attached hydrogens (tertiary/aromatic N) is 2. The summed E-state index contributed by atoms with van der Waals surface area (Å²) in [7, 11) is 0. The normalized spacial score (nSPS) is 17.3. The van der Waals surface area contributed by atoms with Gasteiger partial charge in [-0.3, -0.25) is 0 Å². The van der Waals surface area contributed by atoms with E-state index in [1.165, 1.54) is 12.4 Å². The molecule has 0 aromatic carbocycles. The van der Waals surface area contributed by atoms with Crippen molar-refractivity contribution in [2.24, 2.45) is 0 Å². The topological polar surface area (TPSA) is 29.3 Å². The average molecular weight is 124 g/mol. The van der Waals surface area contributed by atoms with E-state index in [2.05, 4.69) is 6.58 Å². The van der Waals surface area contributed by atoms with Crippen molar-refractivity contribution in [1.82, 2.24) is 4.90 Å². The maximum atomic E-state index is 10.4. The second-order valence-corrected chi connectivity index (χ2v) is 1.72. The van der Waals surface area contributed by atoms with Gasteiger partial charge in [0.25, 0.3) is 0 Å². The van der Waals surface area contributed by atoms with Gasteiger partial charge < -0.3 is 10.1 Å². The summed E-state index contributed by atoms with van der Waals surface area (Å²) in [4.78, 5) is 1.81. The molecular weight excluding hydrogens is 116 g/mol. The van der Waals surface area contributed by atoms with Crippen LogP contribution in [0.2, 0.25) is 0 Å². The van der Waals surface area contributed by atoms with Crippen molar-refractivity contribution in [2.45, 2.75) is 0 Å². The Bertz CT molecular complexity index is 172. The predicted octanol–water partition coefficient (Wildman–Crippen LogP) is 0.498. The Hall–Kier alpha value is -1.25. The van der Waals surface area contributed by atoms with Crippen molar-refractivity contribution in [3.05, 3.63) is 30.4 Å². The predicted molar refractivity (Wildman–Crippen MR) is 35.7 cm³/mol. The van der Waals surface area contributed by atoms with Crippen LogP contribution in [0.5, 0.6) is 0 Å². The summed E-state index contributed by atoms with van der Waals surface area (Å²) < 4.78 is 0.778. The van der Waals surface area contributed by atoms with Crippen molar-refractivity contribution in [1.29, 1.82) is 0 Å². The molecule has 0 unspecified atom stereocenters. The molecule has 0 atom stereocenters. The molecule has 1 rings (SSSR count). The second-order valence-electron chi connectivity index (χ2n) is 1.72. The summed E-state index contributed by atoms with van der Waals surface area (Å²) >= 11 is 0. The SMILES string of the molecule is C=CN1C=C[N+]([O-])=CC1. The van der Waals surface area contributed by atoms with Crippen LogP contribution in [0.1, 0.15) is 0 Å². The van der Waals surface area contributed by atoms with Gasteiger partial charge in [0.2, 0.25) is 0 Å². The molecule has 1 aliphatic rings. The Labute approximate surface area is 53.8 Å². The Morgan fingerprint density at radius 2 is 2.56 bits per heavy atom. The third-order valence-electron chi connectivity index (χ3n) is 1.11. The molecule has 0 amide bonds. The molecular formula is C6H8N2O. The summed E-state index contributed by atoms with van der Waals surface area (Å²) in [5.41, 5.74) is 0. The van der Waals surface area contributed by atoms with E-state index in [-0.39, 0.29) is 0 Å². The Kier molecular flexibility index (Phi) is 1.53. The molecule has 3 heteroatoms. The maximum absolute atomic E-state index is 10.4. The summed E-state index contributed by atoms with van der Waals surface area (Å²) in [5.74, 6) is 0. The molecule has 0 bridgehead atoms. The lowest BCUT2D eigenvalue weighted by molar-refractivity contribution is -0.377. The molecule has 0 saturated carbocycles. The third kappa shape index (κ3) is 1.32. The lowest BCUT2D eigenvalue weighted by atomic mass is 10.5. The van der Waals surface area contributed by atoms with E-state index in [9.17, 15) is 5.21 Å². The Balaban J connectivity index is 2.58. The molecule has 0 spiro atoms. The minimum absolute atomic E-state index is 0.615.